The van der Waals surface area contributed by atoms with Crippen LogP contribution in [0.2, 0.25) is 0 Å². The zero-order chi connectivity index (χ0) is 17.3. The third-order valence-corrected chi connectivity index (χ3v) is 6.53. The topological polar surface area (TPSA) is 66.9 Å². The Kier molecular flexibility index (Phi) is 3.18. The lowest BCUT2D eigenvalue weighted by atomic mass is 10.0. The molecule has 3 aliphatic rings. The van der Waals surface area contributed by atoms with E-state index in [1.807, 2.05) is 17.0 Å². The molecule has 0 spiro atoms. The van der Waals surface area contributed by atoms with Crippen LogP contribution in [0.25, 0.3) is 10.2 Å². The molecule has 8 heteroatoms. The number of fused-ring (bicyclic) bond motifs is 4. The van der Waals surface area contributed by atoms with Gasteiger partial charge < -0.3 is 19.7 Å². The van der Waals surface area contributed by atoms with E-state index < -0.39 is 0 Å². The maximum absolute atomic E-state index is 12.7. The molecule has 2 aliphatic heterocycles. The molecule has 3 heterocycles. The van der Waals surface area contributed by atoms with Gasteiger partial charge in [-0.1, -0.05) is 18.3 Å². The van der Waals surface area contributed by atoms with Crippen molar-refractivity contribution in [1.29, 1.82) is 0 Å². The Labute approximate surface area is 149 Å². The predicted molar refractivity (Wildman–Crippen MR) is 95.6 cm³/mol. The van der Waals surface area contributed by atoms with E-state index in [1.165, 1.54) is 11.3 Å². The lowest BCUT2D eigenvalue weighted by Gasteiger charge is -2.28. The molecule has 1 saturated heterocycles. The average Bonchev–Trinajstić information content (AvgIpc) is 3.27. The number of likely N-dealkylation sites (N-methyl/N-ethyl adjacent to an activating group) is 1. The minimum atomic E-state index is -0.0541. The van der Waals surface area contributed by atoms with E-state index in [9.17, 15) is 4.79 Å². The van der Waals surface area contributed by atoms with Crippen molar-refractivity contribution in [2.24, 2.45) is 5.92 Å². The van der Waals surface area contributed by atoms with Crippen LogP contribution in [0.15, 0.2) is 12.1 Å². The number of nitrogens with zero attached hydrogens (tertiary/aromatic N) is 3. The molecule has 0 radical (unpaired) electrons. The van der Waals surface area contributed by atoms with Crippen molar-refractivity contribution in [1.82, 2.24) is 15.2 Å². The quantitative estimate of drug-likeness (QED) is 0.890. The predicted octanol–water partition coefficient (Wildman–Crippen LogP) is 2.26. The van der Waals surface area contributed by atoms with Crippen molar-refractivity contribution in [3.8, 4) is 11.5 Å². The number of ether oxygens (including phenoxy) is 2. The zero-order valence-corrected chi connectivity index (χ0v) is 15.2. The van der Waals surface area contributed by atoms with Gasteiger partial charge in [-0.2, -0.15) is 0 Å². The summed E-state index contributed by atoms with van der Waals surface area (Å²) in [4.78, 5) is 21.5. The van der Waals surface area contributed by atoms with Crippen LogP contribution in [0, 0.1) is 5.92 Å². The molecule has 1 saturated carbocycles. The first-order valence-corrected chi connectivity index (χ1v) is 9.31. The first-order valence-electron chi connectivity index (χ1n) is 8.50. The fraction of sp³-hybridized carbons (Fsp3) is 0.529. The SMILES string of the molecule is C[C@H]1C[C@@H]2[C@@H](NC(=O)N2c2nc3c4c(ccc3s2)OCO4)[C@@H]1N(C)C. The van der Waals surface area contributed by atoms with Crippen LogP contribution in [0.4, 0.5) is 9.93 Å². The van der Waals surface area contributed by atoms with Crippen LogP contribution in [0.3, 0.4) is 0 Å². The summed E-state index contributed by atoms with van der Waals surface area (Å²) in [5, 5.41) is 3.91. The molecule has 2 aromatic rings. The number of hydrogen-bond donors (Lipinski definition) is 1. The van der Waals surface area contributed by atoms with Crippen LogP contribution >= 0.6 is 11.3 Å². The summed E-state index contributed by atoms with van der Waals surface area (Å²) >= 11 is 1.53. The van der Waals surface area contributed by atoms with Crippen molar-refractivity contribution < 1.29 is 14.3 Å². The molecule has 1 aromatic carbocycles. The fourth-order valence-electron chi connectivity index (χ4n) is 4.57. The summed E-state index contributed by atoms with van der Waals surface area (Å²) in [5.41, 5.74) is 0.779. The summed E-state index contributed by atoms with van der Waals surface area (Å²) in [6.45, 7) is 2.47. The number of benzene rings is 1. The van der Waals surface area contributed by atoms with Crippen LogP contribution < -0.4 is 19.7 Å². The molecule has 25 heavy (non-hydrogen) atoms. The number of carbonyl (C=O) groups is 1. The number of anilines is 1. The summed E-state index contributed by atoms with van der Waals surface area (Å²) in [7, 11) is 4.16. The number of aromatic nitrogens is 1. The molecule has 5 rings (SSSR count). The molecule has 4 atom stereocenters. The van der Waals surface area contributed by atoms with Gasteiger partial charge in [-0.3, -0.25) is 4.90 Å². The largest absolute Gasteiger partial charge is 0.454 e. The van der Waals surface area contributed by atoms with Gasteiger partial charge in [0.05, 0.1) is 16.8 Å². The van der Waals surface area contributed by atoms with Crippen molar-refractivity contribution in [2.45, 2.75) is 31.5 Å². The number of nitrogens with one attached hydrogen (secondary N) is 1. The second-order valence-corrected chi connectivity index (χ2v) is 8.23. The number of urea groups is 1. The number of hydrogen-bond acceptors (Lipinski definition) is 6. The Morgan fingerprint density at radius 1 is 1.36 bits per heavy atom. The van der Waals surface area contributed by atoms with Gasteiger partial charge in [0.25, 0.3) is 0 Å². The minimum absolute atomic E-state index is 0.0541. The summed E-state index contributed by atoms with van der Waals surface area (Å²) in [6.07, 6.45) is 0.972. The van der Waals surface area contributed by atoms with Crippen molar-refractivity contribution in [3.63, 3.8) is 0 Å². The number of carbonyl (C=O) groups excluding carboxylic acids is 1. The van der Waals surface area contributed by atoms with E-state index >= 15 is 0 Å². The summed E-state index contributed by atoms with van der Waals surface area (Å²) in [5.74, 6) is 1.92. The van der Waals surface area contributed by atoms with Gasteiger partial charge in [-0.05, 0) is 38.6 Å². The highest BCUT2D eigenvalue weighted by Gasteiger charge is 2.52. The second-order valence-electron chi connectivity index (χ2n) is 7.22. The first-order chi connectivity index (χ1) is 12.0. The molecule has 1 aliphatic carbocycles. The van der Waals surface area contributed by atoms with Crippen LogP contribution in [0.5, 0.6) is 11.5 Å². The normalized spacial score (nSPS) is 30.4. The molecule has 2 amide bonds. The third kappa shape index (κ3) is 2.07. The molecular weight excluding hydrogens is 340 g/mol. The maximum atomic E-state index is 12.7. The van der Waals surface area contributed by atoms with E-state index in [0.29, 0.717) is 17.7 Å². The third-order valence-electron chi connectivity index (χ3n) is 5.51. The smallest absolute Gasteiger partial charge is 0.324 e. The Hall–Kier alpha value is -2.06. The van der Waals surface area contributed by atoms with Gasteiger partial charge in [0, 0.05) is 6.04 Å². The monoisotopic (exact) mass is 360 g/mol. The minimum Gasteiger partial charge on any atom is -0.454 e. The Balaban J connectivity index is 1.55. The van der Waals surface area contributed by atoms with Gasteiger partial charge in [0.15, 0.2) is 16.6 Å². The van der Waals surface area contributed by atoms with Gasteiger partial charge in [-0.25, -0.2) is 9.78 Å². The highest BCUT2D eigenvalue weighted by atomic mass is 32.1. The molecule has 0 unspecified atom stereocenters. The summed E-state index contributed by atoms with van der Waals surface area (Å²) < 4.78 is 12.0. The van der Waals surface area contributed by atoms with E-state index in [1.54, 1.807) is 0 Å². The molecule has 1 aromatic heterocycles. The van der Waals surface area contributed by atoms with Crippen LogP contribution in [0.1, 0.15) is 13.3 Å². The molecule has 1 N–H and O–H groups in total. The standard InChI is InChI=1S/C17H20N4O3S/c1-8-6-9-12(14(8)20(2)3)18-16(22)21(9)17-19-13-11(25-17)5-4-10-15(13)24-7-23-10/h4-5,8-9,12,14H,6-7H2,1-3H3,(H,18,22)/t8-,9+,12+,14+/m0/s1. The molecular formula is C17H20N4O3S. The van der Waals surface area contributed by atoms with Crippen LogP contribution in [-0.4, -0.2) is 54.9 Å². The summed E-state index contributed by atoms with van der Waals surface area (Å²) in [6, 6.07) is 4.45. The van der Waals surface area contributed by atoms with E-state index in [0.717, 1.165) is 27.5 Å². The van der Waals surface area contributed by atoms with Gasteiger partial charge in [0.1, 0.15) is 5.52 Å². The number of amides is 2. The highest BCUT2D eigenvalue weighted by Crippen LogP contribution is 2.45. The Morgan fingerprint density at radius 2 is 2.20 bits per heavy atom. The van der Waals surface area contributed by atoms with Gasteiger partial charge in [0.2, 0.25) is 6.79 Å². The molecule has 132 valence electrons. The number of rotatable bonds is 2. The lowest BCUT2D eigenvalue weighted by molar-refractivity contribution is 0.174. The van der Waals surface area contributed by atoms with E-state index in [4.69, 9.17) is 14.5 Å². The van der Waals surface area contributed by atoms with E-state index in [2.05, 4.69) is 31.2 Å². The van der Waals surface area contributed by atoms with Crippen molar-refractivity contribution in [3.05, 3.63) is 12.1 Å². The number of thiazole rings is 1. The average molecular weight is 360 g/mol. The Bertz CT molecular complexity index is 867. The van der Waals surface area contributed by atoms with Gasteiger partial charge in [-0.15, -0.1) is 0 Å². The maximum Gasteiger partial charge on any atom is 0.324 e. The van der Waals surface area contributed by atoms with Gasteiger partial charge >= 0.3 is 6.03 Å². The fourth-order valence-corrected chi connectivity index (χ4v) is 5.59. The lowest BCUT2D eigenvalue weighted by Crippen LogP contribution is -2.46. The van der Waals surface area contributed by atoms with Crippen LogP contribution in [-0.2, 0) is 0 Å². The highest BCUT2D eigenvalue weighted by molar-refractivity contribution is 7.22. The first kappa shape index (κ1) is 15.2. The molecule has 0 bridgehead atoms. The zero-order valence-electron chi connectivity index (χ0n) is 14.4. The van der Waals surface area contributed by atoms with Crippen molar-refractivity contribution in [2.75, 3.05) is 25.8 Å². The Morgan fingerprint density at radius 3 is 3.00 bits per heavy atom. The molecule has 2 fully saturated rings. The molecule has 7 nitrogen and oxygen atoms in total. The second kappa shape index (κ2) is 5.22. The van der Waals surface area contributed by atoms with Crippen molar-refractivity contribution >= 4 is 32.7 Å². The van der Waals surface area contributed by atoms with E-state index in [-0.39, 0.29) is 24.9 Å².